The van der Waals surface area contributed by atoms with Crippen molar-refractivity contribution in [2.75, 3.05) is 66.2 Å². The van der Waals surface area contributed by atoms with Crippen LogP contribution >= 0.6 is 0 Å². The summed E-state index contributed by atoms with van der Waals surface area (Å²) >= 11 is 0. The molecule has 4 aromatic carbocycles. The molecule has 0 radical (unpaired) electrons. The summed E-state index contributed by atoms with van der Waals surface area (Å²) in [5, 5.41) is 23.4. The summed E-state index contributed by atoms with van der Waals surface area (Å²) in [4.78, 5) is 70.4. The van der Waals surface area contributed by atoms with Gasteiger partial charge in [-0.05, 0) is 93.4 Å². The normalized spacial score (nSPS) is 14.6. The van der Waals surface area contributed by atoms with Gasteiger partial charge in [-0.15, -0.1) is 10.2 Å². The average Bonchev–Trinajstić information content (AvgIpc) is 4.07. The van der Waals surface area contributed by atoms with Gasteiger partial charge in [0.25, 0.3) is 0 Å². The van der Waals surface area contributed by atoms with Crippen LogP contribution in [0.15, 0.2) is 117 Å². The van der Waals surface area contributed by atoms with Crippen molar-refractivity contribution >= 4 is 90.9 Å². The molecule has 0 atom stereocenters. The molecule has 2 fully saturated rings. The van der Waals surface area contributed by atoms with Crippen molar-refractivity contribution in [3.63, 3.8) is 0 Å². The number of carbonyl (C=O) groups excluding carboxylic acids is 2. The van der Waals surface area contributed by atoms with Crippen LogP contribution in [0.1, 0.15) is 25.0 Å². The van der Waals surface area contributed by atoms with Gasteiger partial charge in [-0.25, -0.2) is 53.6 Å². The minimum Gasteiger partial charge on any atom is -0.457 e. The Labute approximate surface area is 462 Å². The molecule has 10 aromatic rings. The molecule has 25 heteroatoms. The summed E-state index contributed by atoms with van der Waals surface area (Å²) in [5.41, 5.74) is 7.11. The number of rotatable bonds is 14. The highest BCUT2D eigenvalue weighted by Gasteiger charge is 2.37. The molecule has 2 saturated heterocycles. The molecule has 0 saturated carbocycles. The van der Waals surface area contributed by atoms with Gasteiger partial charge in [0.2, 0.25) is 23.7 Å². The van der Waals surface area contributed by atoms with Crippen LogP contribution in [-0.4, -0.2) is 143 Å². The molecule has 8 heterocycles. The lowest BCUT2D eigenvalue weighted by atomic mass is 9.99. The molecular weight excluding hydrogens is 1040 g/mol. The van der Waals surface area contributed by atoms with E-state index in [1.54, 1.807) is 53.3 Å². The second kappa shape index (κ2) is 21.1. The minimum absolute atomic E-state index is 0.100. The standard InChI is InChI=1S/C56H53FN20O4/c1-7-47(78)76-22-21-75(30-56(76,4)5)55-59-29-43-50(67-55)53(63-32-61-43)65-35-10-14-45(33(2)23-35)80-37-12-13-44-40(26-37)68-71-77(44)16-8-9-48(79)73-17-19-74(20-18-73)54-58-28-42-49(66-54)52(62-31-60-42)64-36-11-15-46(34(3)24-36)81-38-25-39(57)51-41(27-38)69-70-72(51)6/h7-15,23-29,31-32H,1,16-22,30H2,2-6H3,(H,60,62,64)(H,61,63,65)/b9-8+. The highest BCUT2D eigenvalue weighted by Crippen LogP contribution is 2.34. The molecule has 2 amide bonds. The third-order valence-electron chi connectivity index (χ3n) is 14.2. The number of fused-ring (bicyclic) bond motifs is 4. The number of amides is 2. The van der Waals surface area contributed by atoms with E-state index in [2.05, 4.69) is 72.6 Å². The lowest BCUT2D eigenvalue weighted by Crippen LogP contribution is -2.61. The first-order valence-corrected chi connectivity index (χ1v) is 26.0. The summed E-state index contributed by atoms with van der Waals surface area (Å²) < 4.78 is 30.3. The molecule has 81 heavy (non-hydrogen) atoms. The largest absolute Gasteiger partial charge is 0.457 e. The Bertz CT molecular complexity index is 4140. The van der Waals surface area contributed by atoms with Gasteiger partial charge >= 0.3 is 0 Å². The predicted molar refractivity (Wildman–Crippen MR) is 301 cm³/mol. The van der Waals surface area contributed by atoms with Crippen LogP contribution in [0.25, 0.3) is 44.1 Å². The maximum absolute atomic E-state index is 14.8. The quantitative estimate of drug-likeness (QED) is 0.0998. The Morgan fingerprint density at radius 3 is 1.91 bits per heavy atom. The van der Waals surface area contributed by atoms with Gasteiger partial charge in [-0.1, -0.05) is 23.1 Å². The van der Waals surface area contributed by atoms with E-state index < -0.39 is 11.4 Å². The molecule has 2 aliphatic heterocycles. The van der Waals surface area contributed by atoms with Crippen molar-refractivity contribution in [2.24, 2.45) is 7.05 Å². The summed E-state index contributed by atoms with van der Waals surface area (Å²) in [6, 6.07) is 19.8. The van der Waals surface area contributed by atoms with Gasteiger partial charge in [-0.2, -0.15) is 0 Å². The van der Waals surface area contributed by atoms with Crippen LogP contribution in [0, 0.1) is 19.7 Å². The number of nitrogens with zero attached hydrogens (tertiary/aromatic N) is 18. The number of anilines is 6. The number of hydrogen-bond acceptors (Lipinski definition) is 20. The van der Waals surface area contributed by atoms with Crippen LogP contribution in [0.5, 0.6) is 23.0 Å². The fourth-order valence-corrected chi connectivity index (χ4v) is 10.0. The van der Waals surface area contributed by atoms with E-state index in [0.717, 1.165) is 28.0 Å². The average molecular weight is 1090 g/mol. The van der Waals surface area contributed by atoms with Crippen LogP contribution in [-0.2, 0) is 23.2 Å². The van der Waals surface area contributed by atoms with Crippen molar-refractivity contribution in [2.45, 2.75) is 39.8 Å². The fourth-order valence-electron chi connectivity index (χ4n) is 10.0. The summed E-state index contributed by atoms with van der Waals surface area (Å²) in [6.07, 6.45) is 11.0. The second-order valence-electron chi connectivity index (χ2n) is 20.2. The van der Waals surface area contributed by atoms with Crippen molar-refractivity contribution in [1.82, 2.24) is 79.7 Å². The summed E-state index contributed by atoms with van der Waals surface area (Å²) in [6.45, 7) is 15.5. The third kappa shape index (κ3) is 10.5. The number of aryl methyl sites for hydroxylation is 3. The molecule has 0 unspecified atom stereocenters. The zero-order valence-electron chi connectivity index (χ0n) is 44.8. The van der Waals surface area contributed by atoms with E-state index in [1.165, 1.54) is 29.5 Å². The van der Waals surface area contributed by atoms with Gasteiger partial charge in [0.1, 0.15) is 74.3 Å². The topological polar surface area (TPSA) is 254 Å². The van der Waals surface area contributed by atoms with Crippen LogP contribution in [0.2, 0.25) is 0 Å². The van der Waals surface area contributed by atoms with Gasteiger partial charge in [0, 0.05) is 88.5 Å². The number of allylic oxidation sites excluding steroid dienone is 1. The number of hydrogen-bond donors (Lipinski definition) is 2. The Morgan fingerprint density at radius 1 is 0.679 bits per heavy atom. The smallest absolute Gasteiger partial charge is 0.246 e. The number of carbonyl (C=O) groups is 2. The molecular formula is C56H53FN20O4. The van der Waals surface area contributed by atoms with E-state index in [4.69, 9.17) is 19.4 Å². The Hall–Kier alpha value is -10.3. The Balaban J connectivity index is 0.637. The zero-order chi connectivity index (χ0) is 55.9. The van der Waals surface area contributed by atoms with Crippen molar-refractivity contribution in [3.8, 4) is 23.0 Å². The second-order valence-corrected chi connectivity index (χ2v) is 20.2. The molecule has 0 aliphatic carbocycles. The molecule has 6 aromatic heterocycles. The van der Waals surface area contributed by atoms with Gasteiger partial charge in [0.15, 0.2) is 17.5 Å². The van der Waals surface area contributed by atoms with Crippen molar-refractivity contribution in [1.29, 1.82) is 0 Å². The number of benzene rings is 4. The van der Waals surface area contributed by atoms with Crippen molar-refractivity contribution in [3.05, 3.63) is 134 Å². The maximum Gasteiger partial charge on any atom is 0.246 e. The number of nitrogens with one attached hydrogen (secondary N) is 2. The highest BCUT2D eigenvalue weighted by atomic mass is 19.1. The Kier molecular flexibility index (Phi) is 13.4. The monoisotopic (exact) mass is 1090 g/mol. The molecule has 12 rings (SSSR count). The first-order chi connectivity index (χ1) is 39.2. The lowest BCUT2D eigenvalue weighted by Gasteiger charge is -2.46. The van der Waals surface area contributed by atoms with E-state index in [9.17, 15) is 14.0 Å². The van der Waals surface area contributed by atoms with Gasteiger partial charge < -0.3 is 39.7 Å². The van der Waals surface area contributed by atoms with E-state index >= 15 is 0 Å². The molecule has 2 aliphatic rings. The fraction of sp³-hybridized carbons (Fsp3) is 0.250. The summed E-state index contributed by atoms with van der Waals surface area (Å²) in [7, 11) is 1.63. The highest BCUT2D eigenvalue weighted by molar-refractivity contribution is 5.90. The third-order valence-corrected chi connectivity index (χ3v) is 14.2. The molecule has 0 bridgehead atoms. The summed E-state index contributed by atoms with van der Waals surface area (Å²) in [5.74, 6) is 3.45. The molecule has 408 valence electrons. The Morgan fingerprint density at radius 2 is 1.28 bits per heavy atom. The zero-order valence-corrected chi connectivity index (χ0v) is 44.8. The number of ether oxygens (including phenoxy) is 2. The molecule has 0 spiro atoms. The first-order valence-electron chi connectivity index (χ1n) is 26.0. The number of halogens is 1. The molecule has 2 N–H and O–H groups in total. The first kappa shape index (κ1) is 51.4. The van der Waals surface area contributed by atoms with Crippen LogP contribution in [0.4, 0.5) is 39.3 Å². The molecule has 24 nitrogen and oxygen atoms in total. The number of aromatic nitrogens is 14. The lowest BCUT2D eigenvalue weighted by molar-refractivity contribution is -0.131. The SMILES string of the molecule is C=CC(=O)N1CCN(c2ncc3ncnc(Nc4ccc(Oc5ccc6c(c5)nnn6C/C=C/C(=O)N5CCN(c6ncc7ncnc(Nc8ccc(Oc9cc(F)c%10c(c9)nnn%10C)c(C)c8)c7n6)CC5)c(C)c4)c3n2)CC1(C)C. The van der Waals surface area contributed by atoms with Crippen LogP contribution in [0.3, 0.4) is 0 Å². The minimum atomic E-state index is -0.476. The van der Waals surface area contributed by atoms with Gasteiger partial charge in [-0.3, -0.25) is 9.59 Å². The number of piperazine rings is 2. The predicted octanol–water partition coefficient (Wildman–Crippen LogP) is 7.53. The van der Waals surface area contributed by atoms with E-state index in [1.807, 2.05) is 86.0 Å². The van der Waals surface area contributed by atoms with E-state index in [0.29, 0.717) is 138 Å². The van der Waals surface area contributed by atoms with Gasteiger partial charge in [0.05, 0.1) is 30.0 Å². The van der Waals surface area contributed by atoms with Crippen molar-refractivity contribution < 1.29 is 23.5 Å². The van der Waals surface area contributed by atoms with E-state index in [-0.39, 0.29) is 11.8 Å². The van der Waals surface area contributed by atoms with Crippen LogP contribution < -0.4 is 29.9 Å². The maximum atomic E-state index is 14.8.